The van der Waals surface area contributed by atoms with E-state index in [1.807, 2.05) is 20.8 Å². The number of ether oxygens (including phenoxy) is 2. The van der Waals surface area contributed by atoms with Crippen molar-refractivity contribution in [3.63, 3.8) is 0 Å². The number of nitrogens with two attached hydrogens (primary N) is 1. The van der Waals surface area contributed by atoms with Crippen molar-refractivity contribution in [3.8, 4) is 0 Å². The van der Waals surface area contributed by atoms with Crippen LogP contribution >= 0.6 is 0 Å². The molecule has 2 atom stereocenters. The van der Waals surface area contributed by atoms with Crippen molar-refractivity contribution < 1.29 is 14.3 Å². The van der Waals surface area contributed by atoms with Crippen LogP contribution in [-0.4, -0.2) is 41.8 Å². The maximum absolute atomic E-state index is 12.1. The maximum Gasteiger partial charge on any atom is 0.410 e. The lowest BCUT2D eigenvalue weighted by Gasteiger charge is -2.24. The molecule has 134 valence electrons. The van der Waals surface area contributed by atoms with Gasteiger partial charge in [-0.1, -0.05) is 25.1 Å². The van der Waals surface area contributed by atoms with Crippen molar-refractivity contribution in [2.24, 2.45) is 5.73 Å². The Kier molecular flexibility index (Phi) is 5.88. The van der Waals surface area contributed by atoms with Gasteiger partial charge >= 0.3 is 6.09 Å². The van der Waals surface area contributed by atoms with E-state index in [2.05, 4.69) is 32.0 Å². The topological polar surface area (TPSA) is 64.8 Å². The number of aryl methyl sites for hydroxylation is 2. The molecule has 0 aliphatic carbocycles. The summed E-state index contributed by atoms with van der Waals surface area (Å²) < 4.78 is 11.4. The van der Waals surface area contributed by atoms with Gasteiger partial charge in [-0.3, -0.25) is 0 Å². The molecule has 24 heavy (non-hydrogen) atoms. The minimum atomic E-state index is -0.501. The Hall–Kier alpha value is -1.59. The average molecular weight is 334 g/mol. The molecule has 0 aromatic heterocycles. The smallest absolute Gasteiger partial charge is 0.410 e. The van der Waals surface area contributed by atoms with Gasteiger partial charge in [-0.15, -0.1) is 0 Å². The summed E-state index contributed by atoms with van der Waals surface area (Å²) >= 11 is 0. The van der Waals surface area contributed by atoms with E-state index in [1.165, 1.54) is 11.1 Å². The van der Waals surface area contributed by atoms with Crippen LogP contribution in [0.5, 0.6) is 0 Å². The van der Waals surface area contributed by atoms with E-state index in [0.29, 0.717) is 19.7 Å². The first kappa shape index (κ1) is 18.7. The molecule has 1 aromatic rings. The van der Waals surface area contributed by atoms with Crippen LogP contribution < -0.4 is 5.73 Å². The molecule has 1 fully saturated rings. The Labute approximate surface area is 145 Å². The Morgan fingerprint density at radius 3 is 2.67 bits per heavy atom. The van der Waals surface area contributed by atoms with Crippen molar-refractivity contribution in [2.45, 2.75) is 65.4 Å². The highest BCUT2D eigenvalue weighted by Gasteiger charge is 2.35. The van der Waals surface area contributed by atoms with Crippen molar-refractivity contribution in [1.29, 1.82) is 0 Å². The van der Waals surface area contributed by atoms with Crippen molar-refractivity contribution in [2.75, 3.05) is 13.1 Å². The number of benzene rings is 1. The number of amides is 1. The van der Waals surface area contributed by atoms with Crippen LogP contribution in [0.3, 0.4) is 0 Å². The Bertz CT molecular complexity index is 580. The van der Waals surface area contributed by atoms with Crippen LogP contribution in [0.1, 0.15) is 44.4 Å². The fraction of sp³-hybridized carbons (Fsp3) is 0.632. The van der Waals surface area contributed by atoms with Gasteiger partial charge in [0.2, 0.25) is 0 Å². The molecule has 1 amide bonds. The van der Waals surface area contributed by atoms with Crippen LogP contribution in [0.4, 0.5) is 4.79 Å². The first-order chi connectivity index (χ1) is 11.2. The van der Waals surface area contributed by atoms with Gasteiger partial charge in [-0.05, 0) is 50.8 Å². The highest BCUT2D eigenvalue weighted by atomic mass is 16.6. The van der Waals surface area contributed by atoms with E-state index in [4.69, 9.17) is 15.2 Å². The normalized spacial score (nSPS) is 21.2. The Morgan fingerprint density at radius 1 is 1.33 bits per heavy atom. The monoisotopic (exact) mass is 334 g/mol. The van der Waals surface area contributed by atoms with E-state index in [-0.39, 0.29) is 18.2 Å². The van der Waals surface area contributed by atoms with Crippen molar-refractivity contribution in [3.05, 3.63) is 34.9 Å². The molecule has 0 unspecified atom stereocenters. The fourth-order valence-electron chi connectivity index (χ4n) is 2.85. The van der Waals surface area contributed by atoms with Gasteiger partial charge in [0.1, 0.15) is 5.60 Å². The molecule has 5 heteroatoms. The minimum absolute atomic E-state index is 0.163. The molecule has 1 aliphatic heterocycles. The molecule has 0 radical (unpaired) electrons. The largest absolute Gasteiger partial charge is 0.444 e. The van der Waals surface area contributed by atoms with E-state index in [0.717, 1.165) is 12.0 Å². The summed E-state index contributed by atoms with van der Waals surface area (Å²) in [4.78, 5) is 13.8. The first-order valence-electron chi connectivity index (χ1n) is 8.63. The van der Waals surface area contributed by atoms with Gasteiger partial charge in [-0.2, -0.15) is 0 Å². The Morgan fingerprint density at radius 2 is 2.04 bits per heavy atom. The maximum atomic E-state index is 12.1. The highest BCUT2D eigenvalue weighted by Crippen LogP contribution is 2.19. The molecule has 2 N–H and O–H groups in total. The zero-order valence-electron chi connectivity index (χ0n) is 15.5. The quantitative estimate of drug-likeness (QED) is 0.919. The lowest BCUT2D eigenvalue weighted by Crippen LogP contribution is -2.36. The number of hydrogen-bond acceptors (Lipinski definition) is 4. The van der Waals surface area contributed by atoms with Crippen LogP contribution in [0, 0.1) is 6.92 Å². The molecule has 1 aromatic carbocycles. The van der Waals surface area contributed by atoms with Gasteiger partial charge in [0.25, 0.3) is 0 Å². The number of hydrogen-bond donors (Lipinski definition) is 1. The SMILES string of the molecule is CCc1cc(CO[C@H]2CN(C(=O)OC(C)(C)C)C[C@@H]2N)ccc1C. The molecular weight excluding hydrogens is 304 g/mol. The lowest BCUT2D eigenvalue weighted by atomic mass is 10.0. The predicted octanol–water partition coefficient (Wildman–Crippen LogP) is 3.02. The zero-order valence-corrected chi connectivity index (χ0v) is 15.5. The second-order valence-corrected chi connectivity index (χ2v) is 7.51. The number of carbonyl (C=O) groups is 1. The number of rotatable bonds is 4. The third-order valence-corrected chi connectivity index (χ3v) is 4.22. The molecule has 2 rings (SSSR count). The number of carbonyl (C=O) groups excluding carboxylic acids is 1. The highest BCUT2D eigenvalue weighted by molar-refractivity contribution is 5.68. The summed E-state index contributed by atoms with van der Waals surface area (Å²) in [6.07, 6.45) is 0.520. The summed E-state index contributed by atoms with van der Waals surface area (Å²) in [6, 6.07) is 6.20. The lowest BCUT2D eigenvalue weighted by molar-refractivity contribution is 0.0172. The van der Waals surface area contributed by atoms with Gasteiger partial charge in [0.05, 0.1) is 25.3 Å². The summed E-state index contributed by atoms with van der Waals surface area (Å²) in [5, 5.41) is 0. The van der Waals surface area contributed by atoms with E-state index in [9.17, 15) is 4.79 Å². The molecular formula is C19H30N2O3. The standard InChI is InChI=1S/C19H30N2O3/c1-6-15-9-14(8-7-13(15)2)12-23-17-11-21(10-16(17)20)18(22)24-19(3,4)5/h7-9,16-17H,6,10-12,20H2,1-5H3/t16-,17-/m0/s1. The molecule has 0 spiro atoms. The molecule has 1 saturated heterocycles. The average Bonchev–Trinajstić information content (AvgIpc) is 2.86. The van der Waals surface area contributed by atoms with Crippen LogP contribution in [0.2, 0.25) is 0 Å². The predicted molar refractivity (Wildman–Crippen MR) is 94.9 cm³/mol. The fourth-order valence-corrected chi connectivity index (χ4v) is 2.85. The van der Waals surface area contributed by atoms with Gasteiger partial charge in [0.15, 0.2) is 0 Å². The van der Waals surface area contributed by atoms with Gasteiger partial charge in [0, 0.05) is 6.54 Å². The van der Waals surface area contributed by atoms with E-state index < -0.39 is 5.60 Å². The van der Waals surface area contributed by atoms with Gasteiger partial charge in [-0.25, -0.2) is 4.79 Å². The number of nitrogens with zero attached hydrogens (tertiary/aromatic N) is 1. The van der Waals surface area contributed by atoms with Crippen molar-refractivity contribution >= 4 is 6.09 Å². The van der Waals surface area contributed by atoms with Crippen LogP contribution in [0.15, 0.2) is 18.2 Å². The molecule has 1 heterocycles. The zero-order chi connectivity index (χ0) is 17.9. The second kappa shape index (κ2) is 7.53. The molecule has 0 saturated carbocycles. The van der Waals surface area contributed by atoms with E-state index in [1.54, 1.807) is 4.90 Å². The number of likely N-dealkylation sites (tertiary alicyclic amines) is 1. The summed E-state index contributed by atoms with van der Waals surface area (Å²) in [5.74, 6) is 0. The second-order valence-electron chi connectivity index (χ2n) is 7.51. The van der Waals surface area contributed by atoms with E-state index >= 15 is 0 Å². The third kappa shape index (κ3) is 4.95. The minimum Gasteiger partial charge on any atom is -0.444 e. The third-order valence-electron chi connectivity index (χ3n) is 4.22. The van der Waals surface area contributed by atoms with Gasteiger partial charge < -0.3 is 20.1 Å². The first-order valence-corrected chi connectivity index (χ1v) is 8.63. The summed E-state index contributed by atoms with van der Waals surface area (Å²) in [6.45, 7) is 11.3. The van der Waals surface area contributed by atoms with Crippen LogP contribution in [-0.2, 0) is 22.5 Å². The summed E-state index contributed by atoms with van der Waals surface area (Å²) in [5.41, 5.74) is 9.41. The summed E-state index contributed by atoms with van der Waals surface area (Å²) in [7, 11) is 0. The van der Waals surface area contributed by atoms with Crippen LogP contribution in [0.25, 0.3) is 0 Å². The Balaban J connectivity index is 1.91. The molecule has 1 aliphatic rings. The molecule has 5 nitrogen and oxygen atoms in total. The molecule has 0 bridgehead atoms. The van der Waals surface area contributed by atoms with Crippen molar-refractivity contribution in [1.82, 2.24) is 4.90 Å².